The van der Waals surface area contributed by atoms with E-state index in [0.29, 0.717) is 11.9 Å². The van der Waals surface area contributed by atoms with Crippen molar-refractivity contribution in [3.8, 4) is 0 Å². The summed E-state index contributed by atoms with van der Waals surface area (Å²) < 4.78 is 80.7. The molecule has 0 saturated carbocycles. The first kappa shape index (κ1) is 23.2. The van der Waals surface area contributed by atoms with Gasteiger partial charge in [0.25, 0.3) is 10.0 Å². The molecule has 0 radical (unpaired) electrons. The zero-order valence-electron chi connectivity index (χ0n) is 16.9. The monoisotopic (exact) mass is 462 g/mol. The molecule has 1 amide bonds. The van der Waals surface area contributed by atoms with Crippen LogP contribution < -0.4 is 5.32 Å². The quantitative estimate of drug-likeness (QED) is 0.693. The molecular weight excluding hydrogens is 440 g/mol. The number of nitrogens with one attached hydrogen (secondary N) is 1. The average molecular weight is 462 g/mol. The Morgan fingerprint density at radius 1 is 1.26 bits per heavy atom. The number of aromatic nitrogens is 2. The number of sulfonamides is 1. The van der Waals surface area contributed by atoms with Gasteiger partial charge in [-0.3, -0.25) is 4.79 Å². The minimum absolute atomic E-state index is 0.0635. The largest absolute Gasteiger partial charge is 0.416 e. The van der Waals surface area contributed by atoms with E-state index in [9.17, 15) is 30.8 Å². The van der Waals surface area contributed by atoms with Gasteiger partial charge < -0.3 is 9.88 Å². The Balaban J connectivity index is 1.60. The summed E-state index contributed by atoms with van der Waals surface area (Å²) >= 11 is 0. The molecule has 0 bridgehead atoms. The maximum absolute atomic E-state index is 13.2. The second kappa shape index (κ2) is 8.58. The van der Waals surface area contributed by atoms with E-state index in [0.717, 1.165) is 12.1 Å². The zero-order chi connectivity index (χ0) is 23.0. The van der Waals surface area contributed by atoms with Gasteiger partial charge >= 0.3 is 6.18 Å². The van der Waals surface area contributed by atoms with Crippen LogP contribution in [0.5, 0.6) is 0 Å². The van der Waals surface area contributed by atoms with Gasteiger partial charge in [-0.25, -0.2) is 17.8 Å². The minimum Gasteiger partial charge on any atom is -0.352 e. The Morgan fingerprint density at radius 2 is 1.90 bits per heavy atom. The first-order chi connectivity index (χ1) is 14.4. The van der Waals surface area contributed by atoms with Crippen LogP contribution in [0.15, 0.2) is 29.4 Å². The van der Waals surface area contributed by atoms with Crippen molar-refractivity contribution in [2.45, 2.75) is 37.5 Å². The van der Waals surface area contributed by atoms with E-state index in [1.165, 1.54) is 10.5 Å². The normalized spacial score (nSPS) is 16.5. The molecule has 1 aliphatic rings. The van der Waals surface area contributed by atoms with Gasteiger partial charge in [-0.05, 0) is 37.5 Å². The summed E-state index contributed by atoms with van der Waals surface area (Å²) in [5.41, 5.74) is -1.38. The van der Waals surface area contributed by atoms with Crippen molar-refractivity contribution in [1.82, 2.24) is 19.2 Å². The maximum atomic E-state index is 13.2. The Morgan fingerprint density at radius 3 is 2.45 bits per heavy atom. The molecular formula is C19H22F4N4O3S. The Hall–Kier alpha value is -2.47. The predicted molar refractivity (Wildman–Crippen MR) is 103 cm³/mol. The summed E-state index contributed by atoms with van der Waals surface area (Å²) in [6.07, 6.45) is -2.87. The molecule has 12 heteroatoms. The van der Waals surface area contributed by atoms with Gasteiger partial charge in [-0.1, -0.05) is 6.07 Å². The topological polar surface area (TPSA) is 84.3 Å². The number of halogens is 4. The first-order valence-electron chi connectivity index (χ1n) is 9.53. The highest BCUT2D eigenvalue weighted by Crippen LogP contribution is 2.32. The molecule has 1 saturated heterocycles. The molecule has 3 rings (SSSR count). The van der Waals surface area contributed by atoms with Gasteiger partial charge in [-0.15, -0.1) is 0 Å². The van der Waals surface area contributed by atoms with E-state index < -0.39 is 46.0 Å². The molecule has 0 spiro atoms. The van der Waals surface area contributed by atoms with E-state index in [-0.39, 0.29) is 36.5 Å². The molecule has 1 N–H and O–H groups in total. The number of amides is 1. The summed E-state index contributed by atoms with van der Waals surface area (Å²) in [6.45, 7) is 1.47. The van der Waals surface area contributed by atoms with Crippen molar-refractivity contribution < 1.29 is 30.8 Å². The van der Waals surface area contributed by atoms with Crippen LogP contribution in [0.3, 0.4) is 0 Å². The molecule has 0 unspecified atom stereocenters. The minimum atomic E-state index is -4.74. The number of alkyl halides is 3. The fourth-order valence-corrected chi connectivity index (χ4v) is 4.93. The molecule has 170 valence electrons. The van der Waals surface area contributed by atoms with Crippen molar-refractivity contribution >= 4 is 15.9 Å². The van der Waals surface area contributed by atoms with Gasteiger partial charge in [0, 0.05) is 38.8 Å². The number of nitrogens with zero attached hydrogens (tertiary/aromatic N) is 3. The summed E-state index contributed by atoms with van der Waals surface area (Å²) in [4.78, 5) is 16.5. The van der Waals surface area contributed by atoms with E-state index in [1.54, 1.807) is 18.5 Å². The summed E-state index contributed by atoms with van der Waals surface area (Å²) in [5.74, 6) is -1.47. The SMILES string of the molecule is Cc1nc(S(=O)(=O)N2CCC(C(=O)NCc3ccc(F)cc3C(F)(F)F)CC2)cn1C. The fourth-order valence-electron chi connectivity index (χ4n) is 3.43. The summed E-state index contributed by atoms with van der Waals surface area (Å²) in [7, 11) is -2.10. The third-order valence-electron chi connectivity index (χ3n) is 5.35. The number of rotatable bonds is 5. The molecule has 2 heterocycles. The highest BCUT2D eigenvalue weighted by molar-refractivity contribution is 7.89. The number of carbonyl (C=O) groups excluding carboxylic acids is 1. The standard InChI is InChI=1S/C19H22F4N4O3S/c1-12-25-17(11-26(12)2)31(29,30)27-7-5-13(6-8-27)18(28)24-10-14-3-4-15(20)9-16(14)19(21,22)23/h3-4,9,11,13H,5-8,10H2,1-2H3,(H,24,28). The average Bonchev–Trinajstić information content (AvgIpc) is 3.05. The highest BCUT2D eigenvalue weighted by atomic mass is 32.2. The Kier molecular flexibility index (Phi) is 6.42. The van der Waals surface area contributed by atoms with Crippen LogP contribution in [0.4, 0.5) is 17.6 Å². The first-order valence-corrected chi connectivity index (χ1v) is 11.0. The lowest BCUT2D eigenvalue weighted by Gasteiger charge is -2.30. The second-order valence-corrected chi connectivity index (χ2v) is 9.32. The lowest BCUT2D eigenvalue weighted by molar-refractivity contribution is -0.138. The molecule has 1 fully saturated rings. The maximum Gasteiger partial charge on any atom is 0.416 e. The molecule has 1 aliphatic heterocycles. The molecule has 7 nitrogen and oxygen atoms in total. The molecule has 0 aliphatic carbocycles. The van der Waals surface area contributed by atoms with Crippen LogP contribution in [0.2, 0.25) is 0 Å². The molecule has 2 aromatic rings. The van der Waals surface area contributed by atoms with Gasteiger partial charge in [-0.2, -0.15) is 17.5 Å². The van der Waals surface area contributed by atoms with E-state index in [1.807, 2.05) is 0 Å². The summed E-state index contributed by atoms with van der Waals surface area (Å²) in [5, 5.41) is 2.39. The van der Waals surface area contributed by atoms with Crippen LogP contribution in [-0.2, 0) is 34.6 Å². The van der Waals surface area contributed by atoms with E-state index >= 15 is 0 Å². The van der Waals surface area contributed by atoms with Gasteiger partial charge in [0.1, 0.15) is 11.6 Å². The third kappa shape index (κ3) is 5.06. The number of carbonyl (C=O) groups is 1. The molecule has 1 aromatic carbocycles. The van der Waals surface area contributed by atoms with Crippen LogP contribution >= 0.6 is 0 Å². The van der Waals surface area contributed by atoms with Crippen LogP contribution in [0.25, 0.3) is 0 Å². The van der Waals surface area contributed by atoms with Crippen LogP contribution in [-0.4, -0.2) is 41.3 Å². The highest BCUT2D eigenvalue weighted by Gasteiger charge is 2.35. The molecule has 1 aromatic heterocycles. The Labute approximate surface area is 177 Å². The lowest BCUT2D eigenvalue weighted by atomic mass is 9.97. The van der Waals surface area contributed by atoms with Crippen molar-refractivity contribution in [3.05, 3.63) is 47.2 Å². The van der Waals surface area contributed by atoms with Crippen molar-refractivity contribution in [1.29, 1.82) is 0 Å². The number of aryl methyl sites for hydroxylation is 2. The number of imidazole rings is 1. The van der Waals surface area contributed by atoms with Gasteiger partial charge in [0.15, 0.2) is 5.03 Å². The number of hydrogen-bond acceptors (Lipinski definition) is 4. The molecule has 0 atom stereocenters. The summed E-state index contributed by atoms with van der Waals surface area (Å²) in [6, 6.07) is 2.28. The fraction of sp³-hybridized carbons (Fsp3) is 0.474. The number of hydrogen-bond donors (Lipinski definition) is 1. The third-order valence-corrected chi connectivity index (χ3v) is 7.12. The number of piperidine rings is 1. The molecule has 31 heavy (non-hydrogen) atoms. The van der Waals surface area contributed by atoms with Crippen LogP contribution in [0, 0.1) is 18.7 Å². The van der Waals surface area contributed by atoms with E-state index in [4.69, 9.17) is 0 Å². The van der Waals surface area contributed by atoms with Crippen molar-refractivity contribution in [3.63, 3.8) is 0 Å². The van der Waals surface area contributed by atoms with Crippen molar-refractivity contribution in [2.75, 3.05) is 13.1 Å². The van der Waals surface area contributed by atoms with Gasteiger partial charge in [0.2, 0.25) is 5.91 Å². The zero-order valence-corrected chi connectivity index (χ0v) is 17.7. The van der Waals surface area contributed by atoms with Crippen LogP contribution in [0.1, 0.15) is 29.8 Å². The second-order valence-electron chi connectivity index (χ2n) is 7.43. The predicted octanol–water partition coefficient (Wildman–Crippen LogP) is 2.60. The van der Waals surface area contributed by atoms with Gasteiger partial charge in [0.05, 0.1) is 5.56 Å². The number of benzene rings is 1. The van der Waals surface area contributed by atoms with E-state index in [2.05, 4.69) is 10.3 Å². The lowest BCUT2D eigenvalue weighted by Crippen LogP contribution is -2.43. The Bertz CT molecular complexity index is 1050. The van der Waals surface area contributed by atoms with Crippen molar-refractivity contribution in [2.24, 2.45) is 13.0 Å². The smallest absolute Gasteiger partial charge is 0.352 e.